The van der Waals surface area contributed by atoms with Crippen molar-refractivity contribution in [2.24, 2.45) is 11.1 Å². The third kappa shape index (κ3) is 4.00. The molecule has 1 unspecified atom stereocenters. The van der Waals surface area contributed by atoms with Crippen LogP contribution in [0.4, 0.5) is 0 Å². The van der Waals surface area contributed by atoms with E-state index in [1.807, 2.05) is 38.1 Å². The normalized spacial score (nSPS) is 13.3. The van der Waals surface area contributed by atoms with Crippen molar-refractivity contribution in [1.29, 1.82) is 0 Å². The average molecular weight is 269 g/mol. The van der Waals surface area contributed by atoms with Gasteiger partial charge in [0.2, 0.25) is 5.91 Å². The fraction of sp³-hybridized carbons (Fsp3) is 0.500. The maximum absolute atomic E-state index is 11.3. The van der Waals surface area contributed by atoms with Gasteiger partial charge in [0.05, 0.1) is 5.41 Å². The highest BCUT2D eigenvalue weighted by Gasteiger charge is 2.25. The Morgan fingerprint density at radius 2 is 2.17 bits per heavy atom. The van der Waals surface area contributed by atoms with Crippen molar-refractivity contribution in [1.82, 2.24) is 5.32 Å². The summed E-state index contributed by atoms with van der Waals surface area (Å²) in [5, 5.41) is 4.10. The molecule has 0 aliphatic rings. The van der Waals surface area contributed by atoms with Crippen LogP contribution in [-0.2, 0) is 4.79 Å². The molecule has 1 atom stereocenters. The van der Waals surface area contributed by atoms with Crippen LogP contribution in [-0.4, -0.2) is 12.5 Å². The van der Waals surface area contributed by atoms with Crippen molar-refractivity contribution in [2.45, 2.75) is 33.2 Å². The SMILES string of the molecule is CCC(NCC(C)(C)C(N)=O)c1cccc(Cl)c1. The van der Waals surface area contributed by atoms with Crippen molar-refractivity contribution in [3.63, 3.8) is 0 Å². The number of carbonyl (C=O) groups excluding carboxylic acids is 1. The minimum absolute atomic E-state index is 0.183. The molecular formula is C14H21ClN2O. The van der Waals surface area contributed by atoms with E-state index >= 15 is 0 Å². The molecule has 1 aromatic carbocycles. The molecule has 4 heteroatoms. The van der Waals surface area contributed by atoms with Crippen LogP contribution in [0.15, 0.2) is 24.3 Å². The lowest BCUT2D eigenvalue weighted by Crippen LogP contribution is -2.41. The van der Waals surface area contributed by atoms with E-state index in [2.05, 4.69) is 12.2 Å². The number of hydrogen-bond acceptors (Lipinski definition) is 2. The highest BCUT2D eigenvalue weighted by atomic mass is 35.5. The smallest absolute Gasteiger partial charge is 0.224 e. The first kappa shape index (κ1) is 15.0. The standard InChI is InChI=1S/C14H21ClN2O/c1-4-12(10-6-5-7-11(15)8-10)17-9-14(2,3)13(16)18/h5-8,12,17H,4,9H2,1-3H3,(H2,16,18). The van der Waals surface area contributed by atoms with Crippen molar-refractivity contribution >= 4 is 17.5 Å². The number of halogens is 1. The molecule has 0 bridgehead atoms. The summed E-state index contributed by atoms with van der Waals surface area (Å²) in [6.07, 6.45) is 0.926. The average Bonchev–Trinajstić information content (AvgIpc) is 2.29. The van der Waals surface area contributed by atoms with E-state index in [1.165, 1.54) is 0 Å². The predicted molar refractivity (Wildman–Crippen MR) is 75.5 cm³/mol. The summed E-state index contributed by atoms with van der Waals surface area (Å²) in [6, 6.07) is 7.94. The quantitative estimate of drug-likeness (QED) is 0.834. The summed E-state index contributed by atoms with van der Waals surface area (Å²) in [4.78, 5) is 11.3. The third-order valence-corrected chi connectivity index (χ3v) is 3.35. The number of amides is 1. The zero-order chi connectivity index (χ0) is 13.8. The Morgan fingerprint density at radius 1 is 1.50 bits per heavy atom. The molecule has 1 aromatic rings. The van der Waals surface area contributed by atoms with Crippen LogP contribution in [0.25, 0.3) is 0 Å². The predicted octanol–water partition coefficient (Wildman–Crippen LogP) is 2.89. The molecule has 18 heavy (non-hydrogen) atoms. The summed E-state index contributed by atoms with van der Waals surface area (Å²) >= 11 is 5.98. The minimum Gasteiger partial charge on any atom is -0.369 e. The highest BCUT2D eigenvalue weighted by Crippen LogP contribution is 2.22. The Balaban J connectivity index is 2.72. The van der Waals surface area contributed by atoms with Crippen molar-refractivity contribution < 1.29 is 4.79 Å². The molecule has 0 heterocycles. The maximum Gasteiger partial charge on any atom is 0.224 e. The number of benzene rings is 1. The number of primary amides is 1. The second-order valence-electron chi connectivity index (χ2n) is 5.14. The largest absolute Gasteiger partial charge is 0.369 e. The van der Waals surface area contributed by atoms with Gasteiger partial charge in [-0.3, -0.25) is 4.79 Å². The minimum atomic E-state index is -0.550. The van der Waals surface area contributed by atoms with Gasteiger partial charge < -0.3 is 11.1 Å². The van der Waals surface area contributed by atoms with Gasteiger partial charge in [-0.1, -0.05) is 30.7 Å². The zero-order valence-electron chi connectivity index (χ0n) is 11.2. The molecule has 1 amide bonds. The van der Waals surface area contributed by atoms with Crippen LogP contribution in [0.3, 0.4) is 0 Å². The Morgan fingerprint density at radius 3 is 2.67 bits per heavy atom. The summed E-state index contributed by atoms with van der Waals surface area (Å²) in [7, 11) is 0. The van der Waals surface area contributed by atoms with Crippen LogP contribution in [0.1, 0.15) is 38.8 Å². The van der Waals surface area contributed by atoms with Crippen molar-refractivity contribution in [2.75, 3.05) is 6.54 Å². The summed E-state index contributed by atoms with van der Waals surface area (Å²) < 4.78 is 0. The van der Waals surface area contributed by atoms with Gasteiger partial charge in [-0.2, -0.15) is 0 Å². The first-order chi connectivity index (χ1) is 8.36. The monoisotopic (exact) mass is 268 g/mol. The number of nitrogens with two attached hydrogens (primary N) is 1. The fourth-order valence-corrected chi connectivity index (χ4v) is 1.89. The Bertz CT molecular complexity index is 418. The van der Waals surface area contributed by atoms with Gasteiger partial charge in [-0.15, -0.1) is 0 Å². The molecule has 1 rings (SSSR count). The topological polar surface area (TPSA) is 55.1 Å². The number of hydrogen-bond donors (Lipinski definition) is 2. The second-order valence-corrected chi connectivity index (χ2v) is 5.58. The van der Waals surface area contributed by atoms with E-state index in [1.54, 1.807) is 0 Å². The van der Waals surface area contributed by atoms with Crippen LogP contribution >= 0.6 is 11.6 Å². The fourth-order valence-electron chi connectivity index (χ4n) is 1.69. The second kappa shape index (κ2) is 6.21. The molecule has 0 aliphatic heterocycles. The highest BCUT2D eigenvalue weighted by molar-refractivity contribution is 6.30. The number of carbonyl (C=O) groups is 1. The summed E-state index contributed by atoms with van der Waals surface area (Å²) in [6.45, 7) is 6.32. The molecule has 0 aliphatic carbocycles. The van der Waals surface area contributed by atoms with E-state index < -0.39 is 5.41 Å². The summed E-state index contributed by atoms with van der Waals surface area (Å²) in [5.41, 5.74) is 5.94. The van der Waals surface area contributed by atoms with Gasteiger partial charge >= 0.3 is 0 Å². The number of rotatable bonds is 6. The maximum atomic E-state index is 11.3. The van der Waals surface area contributed by atoms with E-state index in [9.17, 15) is 4.79 Å². The lowest BCUT2D eigenvalue weighted by atomic mass is 9.91. The molecule has 0 saturated carbocycles. The lowest BCUT2D eigenvalue weighted by Gasteiger charge is -2.25. The van der Waals surface area contributed by atoms with Gasteiger partial charge in [0, 0.05) is 17.6 Å². The Kier molecular flexibility index (Phi) is 5.17. The number of nitrogens with one attached hydrogen (secondary N) is 1. The van der Waals surface area contributed by atoms with Crippen LogP contribution in [0.5, 0.6) is 0 Å². The molecule has 100 valence electrons. The molecule has 0 aromatic heterocycles. The van der Waals surface area contributed by atoms with Gasteiger partial charge in [0.1, 0.15) is 0 Å². The molecule has 3 N–H and O–H groups in total. The van der Waals surface area contributed by atoms with Crippen LogP contribution in [0.2, 0.25) is 5.02 Å². The van der Waals surface area contributed by atoms with E-state index in [4.69, 9.17) is 17.3 Å². The van der Waals surface area contributed by atoms with Gasteiger partial charge in [-0.25, -0.2) is 0 Å². The molecule has 0 radical (unpaired) electrons. The van der Waals surface area contributed by atoms with Crippen LogP contribution in [0, 0.1) is 5.41 Å². The third-order valence-electron chi connectivity index (χ3n) is 3.12. The Hall–Kier alpha value is -1.06. The first-order valence-corrected chi connectivity index (χ1v) is 6.53. The molecule has 0 fully saturated rings. The zero-order valence-corrected chi connectivity index (χ0v) is 11.9. The van der Waals surface area contributed by atoms with Gasteiger partial charge in [-0.05, 0) is 38.0 Å². The first-order valence-electron chi connectivity index (χ1n) is 6.15. The van der Waals surface area contributed by atoms with Crippen molar-refractivity contribution in [3.05, 3.63) is 34.9 Å². The van der Waals surface area contributed by atoms with E-state index in [-0.39, 0.29) is 11.9 Å². The molecular weight excluding hydrogens is 248 g/mol. The van der Waals surface area contributed by atoms with Crippen molar-refractivity contribution in [3.8, 4) is 0 Å². The molecule has 0 saturated heterocycles. The summed E-state index contributed by atoms with van der Waals surface area (Å²) in [5.74, 6) is -0.295. The van der Waals surface area contributed by atoms with Crippen LogP contribution < -0.4 is 11.1 Å². The van der Waals surface area contributed by atoms with Gasteiger partial charge in [0.25, 0.3) is 0 Å². The molecule has 0 spiro atoms. The molecule has 3 nitrogen and oxygen atoms in total. The van der Waals surface area contributed by atoms with E-state index in [0.29, 0.717) is 6.54 Å². The lowest BCUT2D eigenvalue weighted by molar-refractivity contribution is -0.125. The van der Waals surface area contributed by atoms with Gasteiger partial charge in [0.15, 0.2) is 0 Å². The Labute approximate surface area is 114 Å². The van der Waals surface area contributed by atoms with E-state index in [0.717, 1.165) is 17.0 Å².